The van der Waals surface area contributed by atoms with E-state index in [1.165, 1.54) is 9.80 Å². The molecule has 0 aromatic heterocycles. The molecule has 1 fully saturated rings. The van der Waals surface area contributed by atoms with E-state index in [9.17, 15) is 19.2 Å². The molecule has 0 aliphatic carbocycles. The predicted octanol–water partition coefficient (Wildman–Crippen LogP) is 4.18. The van der Waals surface area contributed by atoms with Gasteiger partial charge in [0, 0.05) is 28.7 Å². The lowest BCUT2D eigenvalue weighted by atomic mass is 9.78. The van der Waals surface area contributed by atoms with Gasteiger partial charge in [0.05, 0.1) is 30.5 Å². The Labute approximate surface area is 235 Å². The SMILES string of the molecule is O=CC1CN(C=O)CC1N1C(=O)c2ccccc2C(C(=O)NOCc2ccccc2)C1c1ccc(Cl)cc1Cl. The maximum absolute atomic E-state index is 14.1. The molecule has 8 nitrogen and oxygen atoms in total. The molecule has 0 bridgehead atoms. The second-order valence-corrected chi connectivity index (χ2v) is 10.4. The topological polar surface area (TPSA) is 96.0 Å². The number of fused-ring (bicyclic) bond motifs is 1. The number of likely N-dealkylation sites (tertiary alicyclic amines) is 1. The van der Waals surface area contributed by atoms with Gasteiger partial charge < -0.3 is 14.6 Å². The zero-order valence-corrected chi connectivity index (χ0v) is 22.2. The van der Waals surface area contributed by atoms with Gasteiger partial charge in [-0.2, -0.15) is 0 Å². The molecule has 5 rings (SSSR count). The molecule has 2 heterocycles. The summed E-state index contributed by atoms with van der Waals surface area (Å²) >= 11 is 12.9. The summed E-state index contributed by atoms with van der Waals surface area (Å²) in [6.45, 7) is 0.447. The third-order valence-corrected chi connectivity index (χ3v) is 7.80. The van der Waals surface area contributed by atoms with Gasteiger partial charge in [0.25, 0.3) is 11.8 Å². The number of nitrogens with zero attached hydrogens (tertiary/aromatic N) is 2. The van der Waals surface area contributed by atoms with E-state index in [-0.39, 0.29) is 30.6 Å². The van der Waals surface area contributed by atoms with Crippen molar-refractivity contribution in [1.82, 2.24) is 15.3 Å². The monoisotopic (exact) mass is 565 g/mol. The summed E-state index contributed by atoms with van der Waals surface area (Å²) < 4.78 is 0. The van der Waals surface area contributed by atoms with Gasteiger partial charge >= 0.3 is 0 Å². The van der Waals surface area contributed by atoms with E-state index in [1.54, 1.807) is 42.5 Å². The molecule has 39 heavy (non-hydrogen) atoms. The lowest BCUT2D eigenvalue weighted by molar-refractivity contribution is -0.138. The van der Waals surface area contributed by atoms with Crippen molar-refractivity contribution in [1.29, 1.82) is 0 Å². The van der Waals surface area contributed by atoms with Crippen LogP contribution in [-0.4, -0.2) is 53.4 Å². The van der Waals surface area contributed by atoms with Crippen molar-refractivity contribution in [3.63, 3.8) is 0 Å². The first-order valence-electron chi connectivity index (χ1n) is 12.4. The Morgan fingerprint density at radius 2 is 1.72 bits per heavy atom. The van der Waals surface area contributed by atoms with Crippen molar-refractivity contribution >= 4 is 47.7 Å². The highest BCUT2D eigenvalue weighted by atomic mass is 35.5. The maximum atomic E-state index is 14.1. The van der Waals surface area contributed by atoms with Crippen LogP contribution in [0.3, 0.4) is 0 Å². The Balaban J connectivity index is 1.60. The third kappa shape index (κ3) is 5.28. The Kier molecular flexibility index (Phi) is 7.97. The number of hydrogen-bond acceptors (Lipinski definition) is 5. The average Bonchev–Trinajstić information content (AvgIpc) is 3.37. The summed E-state index contributed by atoms with van der Waals surface area (Å²) in [6, 6.07) is 19.5. The molecule has 1 N–H and O–H groups in total. The van der Waals surface area contributed by atoms with Gasteiger partial charge in [0.1, 0.15) is 6.29 Å². The van der Waals surface area contributed by atoms with E-state index in [2.05, 4.69) is 5.48 Å². The van der Waals surface area contributed by atoms with Crippen molar-refractivity contribution < 1.29 is 24.0 Å². The summed E-state index contributed by atoms with van der Waals surface area (Å²) in [7, 11) is 0. The second-order valence-electron chi connectivity index (χ2n) is 9.56. The van der Waals surface area contributed by atoms with Crippen molar-refractivity contribution in [3.05, 3.63) is 105 Å². The van der Waals surface area contributed by atoms with Crippen LogP contribution in [0.25, 0.3) is 0 Å². The van der Waals surface area contributed by atoms with Crippen LogP contribution < -0.4 is 5.48 Å². The Hall–Kier alpha value is -3.72. The summed E-state index contributed by atoms with van der Waals surface area (Å²) in [6.07, 6.45) is 1.41. The van der Waals surface area contributed by atoms with Crippen molar-refractivity contribution in [2.45, 2.75) is 24.6 Å². The number of amides is 3. The molecule has 4 atom stereocenters. The Morgan fingerprint density at radius 3 is 2.44 bits per heavy atom. The molecule has 200 valence electrons. The molecule has 2 aliphatic heterocycles. The van der Waals surface area contributed by atoms with E-state index in [0.29, 0.717) is 28.1 Å². The zero-order valence-electron chi connectivity index (χ0n) is 20.7. The molecule has 1 saturated heterocycles. The fourth-order valence-corrected chi connectivity index (χ4v) is 5.98. The normalized spacial score (nSPS) is 22.4. The summed E-state index contributed by atoms with van der Waals surface area (Å²) in [5.74, 6) is -2.43. The molecular weight excluding hydrogens is 541 g/mol. The van der Waals surface area contributed by atoms with Gasteiger partial charge in [-0.05, 0) is 34.9 Å². The van der Waals surface area contributed by atoms with Gasteiger partial charge in [-0.3, -0.25) is 19.2 Å². The van der Waals surface area contributed by atoms with Crippen LogP contribution in [0.4, 0.5) is 0 Å². The van der Waals surface area contributed by atoms with Gasteiger partial charge in [0.2, 0.25) is 6.41 Å². The second kappa shape index (κ2) is 11.6. The number of halogens is 2. The summed E-state index contributed by atoms with van der Waals surface area (Å²) in [5.41, 5.74) is 4.75. The standard InChI is InChI=1S/C29H25Cl2N3O5/c30-20-10-11-23(24(31)12-20)27-26(28(37)32-39-16-18-6-2-1-3-7-18)21-8-4-5-9-22(21)29(38)34(27)25-14-33(17-36)13-19(25)15-35/h1-12,15,17,19,25-27H,13-14,16H2,(H,32,37). The minimum atomic E-state index is -0.939. The molecule has 0 spiro atoms. The van der Waals surface area contributed by atoms with E-state index >= 15 is 0 Å². The molecule has 4 unspecified atom stereocenters. The first-order valence-corrected chi connectivity index (χ1v) is 13.1. The number of aldehydes is 1. The van der Waals surface area contributed by atoms with Gasteiger partial charge in [-0.15, -0.1) is 0 Å². The Bertz CT molecular complexity index is 1400. The fourth-order valence-electron chi connectivity index (χ4n) is 5.46. The van der Waals surface area contributed by atoms with Crippen LogP contribution in [-0.2, 0) is 25.8 Å². The first-order chi connectivity index (χ1) is 18.9. The quantitative estimate of drug-likeness (QED) is 0.326. The minimum Gasteiger partial charge on any atom is -0.342 e. The summed E-state index contributed by atoms with van der Waals surface area (Å²) in [4.78, 5) is 60.2. The van der Waals surface area contributed by atoms with Gasteiger partial charge in [-0.1, -0.05) is 77.8 Å². The average molecular weight is 566 g/mol. The minimum absolute atomic E-state index is 0.139. The highest BCUT2D eigenvalue weighted by Crippen LogP contribution is 2.47. The summed E-state index contributed by atoms with van der Waals surface area (Å²) in [5, 5.41) is 0.657. The number of carbonyl (C=O) groups excluding carboxylic acids is 4. The Morgan fingerprint density at radius 1 is 0.974 bits per heavy atom. The van der Waals surface area contributed by atoms with Crippen molar-refractivity contribution in [2.24, 2.45) is 5.92 Å². The zero-order chi connectivity index (χ0) is 27.5. The third-order valence-electron chi connectivity index (χ3n) is 7.24. The molecule has 0 radical (unpaired) electrons. The van der Waals surface area contributed by atoms with E-state index in [1.807, 2.05) is 30.3 Å². The van der Waals surface area contributed by atoms with Crippen molar-refractivity contribution in [3.8, 4) is 0 Å². The molecule has 3 aromatic carbocycles. The number of hydroxylamine groups is 1. The number of benzene rings is 3. The first kappa shape index (κ1) is 26.9. The van der Waals surface area contributed by atoms with Crippen LogP contribution >= 0.6 is 23.2 Å². The molecule has 3 aromatic rings. The van der Waals surface area contributed by atoms with Crippen LogP contribution in [0.5, 0.6) is 0 Å². The number of nitrogens with one attached hydrogen (secondary N) is 1. The fraction of sp³-hybridized carbons (Fsp3) is 0.241. The van der Waals surface area contributed by atoms with Crippen LogP contribution in [0, 0.1) is 5.92 Å². The van der Waals surface area contributed by atoms with Crippen LogP contribution in [0.2, 0.25) is 10.0 Å². The van der Waals surface area contributed by atoms with Crippen molar-refractivity contribution in [2.75, 3.05) is 13.1 Å². The molecule has 10 heteroatoms. The highest BCUT2D eigenvalue weighted by Gasteiger charge is 2.50. The largest absolute Gasteiger partial charge is 0.342 e. The van der Waals surface area contributed by atoms with E-state index in [4.69, 9.17) is 28.0 Å². The smallest absolute Gasteiger partial charge is 0.255 e. The number of carbonyl (C=O) groups is 4. The van der Waals surface area contributed by atoms with Crippen LogP contribution in [0.1, 0.15) is 39.0 Å². The van der Waals surface area contributed by atoms with E-state index < -0.39 is 29.8 Å². The molecule has 2 aliphatic rings. The molecule has 3 amide bonds. The lowest BCUT2D eigenvalue weighted by Crippen LogP contribution is -2.54. The highest BCUT2D eigenvalue weighted by molar-refractivity contribution is 6.35. The number of hydrogen-bond donors (Lipinski definition) is 1. The molecule has 0 saturated carbocycles. The van der Waals surface area contributed by atoms with Crippen LogP contribution in [0.15, 0.2) is 72.8 Å². The van der Waals surface area contributed by atoms with Gasteiger partial charge in [0.15, 0.2) is 0 Å². The maximum Gasteiger partial charge on any atom is 0.255 e. The van der Waals surface area contributed by atoms with E-state index in [0.717, 1.165) is 11.8 Å². The predicted molar refractivity (Wildman–Crippen MR) is 145 cm³/mol. The number of rotatable bonds is 8. The van der Waals surface area contributed by atoms with Gasteiger partial charge in [-0.25, -0.2) is 5.48 Å². The lowest BCUT2D eigenvalue weighted by Gasteiger charge is -2.45. The molecular formula is C29H25Cl2N3O5.